The number of carbonyl (C=O) groups is 2. The van der Waals surface area contributed by atoms with E-state index in [4.69, 9.17) is 4.74 Å². The van der Waals surface area contributed by atoms with Crippen LogP contribution in [0, 0.1) is 0 Å². The molecule has 1 N–H and O–H groups in total. The first-order valence-corrected chi connectivity index (χ1v) is 10.1. The van der Waals surface area contributed by atoms with Gasteiger partial charge in [0.15, 0.2) is 6.61 Å². The number of hydrogen-bond acceptors (Lipinski definition) is 4. The molecule has 0 spiro atoms. The number of carbonyl (C=O) groups excluding carboxylic acids is 2. The molecule has 1 aliphatic rings. The molecule has 0 aliphatic carbocycles. The fourth-order valence-electron chi connectivity index (χ4n) is 3.54. The first-order valence-electron chi connectivity index (χ1n) is 10.1. The highest BCUT2D eigenvalue weighted by Gasteiger charge is 2.31. The molecule has 6 nitrogen and oxygen atoms in total. The van der Waals surface area contributed by atoms with Gasteiger partial charge in [0.05, 0.1) is 11.8 Å². The molecule has 3 aromatic rings. The van der Waals surface area contributed by atoms with Crippen LogP contribution in [0.4, 0.5) is 5.69 Å². The summed E-state index contributed by atoms with van der Waals surface area (Å²) in [4.78, 5) is 24.3. The molecule has 2 amide bonds. The predicted octanol–water partition coefficient (Wildman–Crippen LogP) is 4.40. The first-order chi connectivity index (χ1) is 15.1. The van der Waals surface area contributed by atoms with E-state index in [1.807, 2.05) is 78.9 Å². The number of ether oxygens (including phenoxy) is 1. The average molecular weight is 413 g/mol. The largest absolute Gasteiger partial charge is 0.484 e. The molecule has 4 rings (SSSR count). The topological polar surface area (TPSA) is 71.0 Å². The molecule has 3 aromatic carbocycles. The fraction of sp³-hybridized carbons (Fsp3) is 0.160. The van der Waals surface area contributed by atoms with Gasteiger partial charge < -0.3 is 10.1 Å². The highest BCUT2D eigenvalue weighted by Crippen LogP contribution is 2.33. The van der Waals surface area contributed by atoms with Crippen LogP contribution in [0.25, 0.3) is 0 Å². The van der Waals surface area contributed by atoms with Gasteiger partial charge in [-0.15, -0.1) is 0 Å². The Kier molecular flexibility index (Phi) is 6.08. The van der Waals surface area contributed by atoms with Crippen LogP contribution < -0.4 is 10.1 Å². The summed E-state index contributed by atoms with van der Waals surface area (Å²) in [6.45, 7) is 1.42. The number of anilines is 1. The van der Waals surface area contributed by atoms with E-state index in [1.165, 1.54) is 11.9 Å². The predicted molar refractivity (Wildman–Crippen MR) is 120 cm³/mol. The van der Waals surface area contributed by atoms with Crippen LogP contribution in [0.3, 0.4) is 0 Å². The maximum absolute atomic E-state index is 12.2. The zero-order chi connectivity index (χ0) is 21.6. The van der Waals surface area contributed by atoms with Gasteiger partial charge in [0.1, 0.15) is 5.75 Å². The number of nitrogens with one attached hydrogen (secondary N) is 1. The third kappa shape index (κ3) is 4.98. The summed E-state index contributed by atoms with van der Waals surface area (Å²) in [5, 5.41) is 8.90. The van der Waals surface area contributed by atoms with E-state index < -0.39 is 0 Å². The van der Waals surface area contributed by atoms with Gasteiger partial charge in [-0.3, -0.25) is 9.59 Å². The summed E-state index contributed by atoms with van der Waals surface area (Å²) >= 11 is 0. The summed E-state index contributed by atoms with van der Waals surface area (Å²) in [6, 6.07) is 26.4. The summed E-state index contributed by atoms with van der Waals surface area (Å²) in [5.74, 6) is 0.233. The van der Waals surface area contributed by atoms with Crippen molar-refractivity contribution in [1.82, 2.24) is 5.01 Å². The highest BCUT2D eigenvalue weighted by molar-refractivity contribution is 6.03. The Morgan fingerprint density at radius 1 is 1.00 bits per heavy atom. The van der Waals surface area contributed by atoms with Crippen LogP contribution in [0.2, 0.25) is 0 Å². The van der Waals surface area contributed by atoms with Crippen molar-refractivity contribution in [2.24, 2.45) is 5.10 Å². The van der Waals surface area contributed by atoms with E-state index >= 15 is 0 Å². The van der Waals surface area contributed by atoms with Gasteiger partial charge in [-0.1, -0.05) is 60.7 Å². The van der Waals surface area contributed by atoms with E-state index in [1.54, 1.807) is 6.07 Å². The van der Waals surface area contributed by atoms with E-state index in [0.717, 1.165) is 22.5 Å². The van der Waals surface area contributed by atoms with Crippen LogP contribution in [0.1, 0.15) is 30.5 Å². The fourth-order valence-corrected chi connectivity index (χ4v) is 3.54. The summed E-state index contributed by atoms with van der Waals surface area (Å²) in [5.41, 5.74) is 3.44. The Morgan fingerprint density at radius 3 is 2.42 bits per heavy atom. The van der Waals surface area contributed by atoms with Crippen molar-refractivity contribution >= 4 is 23.2 Å². The second-order valence-electron chi connectivity index (χ2n) is 7.27. The summed E-state index contributed by atoms with van der Waals surface area (Å²) < 4.78 is 5.68. The molecule has 156 valence electrons. The molecule has 0 unspecified atom stereocenters. The van der Waals surface area contributed by atoms with E-state index in [-0.39, 0.29) is 24.5 Å². The van der Waals surface area contributed by atoms with Crippen molar-refractivity contribution in [3.63, 3.8) is 0 Å². The Bertz CT molecular complexity index is 1100. The number of amides is 2. The minimum absolute atomic E-state index is 0.100. The van der Waals surface area contributed by atoms with Crippen molar-refractivity contribution in [2.45, 2.75) is 19.4 Å². The molecule has 0 saturated heterocycles. The number of rotatable bonds is 6. The van der Waals surface area contributed by atoms with Gasteiger partial charge in [-0.05, 0) is 29.8 Å². The molecule has 0 aromatic heterocycles. The Balaban J connectivity index is 1.44. The van der Waals surface area contributed by atoms with Crippen LogP contribution in [-0.2, 0) is 9.59 Å². The molecule has 0 bridgehead atoms. The Labute approximate surface area is 181 Å². The maximum Gasteiger partial charge on any atom is 0.262 e. The third-order valence-electron chi connectivity index (χ3n) is 5.01. The first kappa shape index (κ1) is 20.3. The molecule has 0 radical (unpaired) electrons. The average Bonchev–Trinajstić information content (AvgIpc) is 3.25. The van der Waals surface area contributed by atoms with Crippen LogP contribution in [-0.4, -0.2) is 29.1 Å². The molecule has 31 heavy (non-hydrogen) atoms. The number of para-hydroxylation sites is 1. The minimum Gasteiger partial charge on any atom is -0.484 e. The van der Waals surface area contributed by atoms with Crippen LogP contribution >= 0.6 is 0 Å². The lowest BCUT2D eigenvalue weighted by atomic mass is 9.98. The SMILES string of the molecule is CC(=O)N1N=C(c2cccc(OCC(=O)Nc3ccccc3)c2)C[C@@H]1c1ccccc1. The summed E-state index contributed by atoms with van der Waals surface area (Å²) in [6.07, 6.45) is 0.613. The lowest BCUT2D eigenvalue weighted by Crippen LogP contribution is -2.24. The molecule has 0 fully saturated rings. The molecule has 1 atom stereocenters. The number of nitrogens with zero attached hydrogens (tertiary/aromatic N) is 2. The van der Waals surface area contributed by atoms with E-state index in [9.17, 15) is 9.59 Å². The molecular weight excluding hydrogens is 390 g/mol. The van der Waals surface area contributed by atoms with E-state index in [2.05, 4.69) is 10.4 Å². The number of benzene rings is 3. The lowest BCUT2D eigenvalue weighted by Gasteiger charge is -2.20. The van der Waals surface area contributed by atoms with Gasteiger partial charge in [0, 0.05) is 24.6 Å². The quantitative estimate of drug-likeness (QED) is 0.651. The summed E-state index contributed by atoms with van der Waals surface area (Å²) in [7, 11) is 0. The van der Waals surface area contributed by atoms with Crippen LogP contribution in [0.15, 0.2) is 90.0 Å². The van der Waals surface area contributed by atoms with Crippen molar-refractivity contribution < 1.29 is 14.3 Å². The molecule has 1 heterocycles. The van der Waals surface area contributed by atoms with Gasteiger partial charge in [0.2, 0.25) is 5.91 Å². The van der Waals surface area contributed by atoms with Gasteiger partial charge in [-0.2, -0.15) is 5.10 Å². The lowest BCUT2D eigenvalue weighted by molar-refractivity contribution is -0.130. The molecule has 1 aliphatic heterocycles. The second-order valence-corrected chi connectivity index (χ2v) is 7.27. The number of hydrazone groups is 1. The van der Waals surface area contributed by atoms with Crippen molar-refractivity contribution in [3.8, 4) is 5.75 Å². The van der Waals surface area contributed by atoms with Crippen molar-refractivity contribution in [3.05, 3.63) is 96.1 Å². The second kappa shape index (κ2) is 9.26. The normalized spacial score (nSPS) is 15.3. The van der Waals surface area contributed by atoms with Gasteiger partial charge in [-0.25, -0.2) is 5.01 Å². The third-order valence-corrected chi connectivity index (χ3v) is 5.01. The Hall–Kier alpha value is -3.93. The van der Waals surface area contributed by atoms with Gasteiger partial charge in [0.25, 0.3) is 5.91 Å². The zero-order valence-electron chi connectivity index (χ0n) is 17.2. The molecular formula is C25H23N3O3. The number of hydrogen-bond donors (Lipinski definition) is 1. The smallest absolute Gasteiger partial charge is 0.262 e. The standard InChI is InChI=1S/C25H23N3O3/c1-18(29)28-24(19-9-4-2-5-10-19)16-23(27-28)20-11-8-14-22(15-20)31-17-25(30)26-21-12-6-3-7-13-21/h2-15,24H,16-17H2,1H3,(H,26,30)/t24-/m1/s1. The van der Waals surface area contributed by atoms with Crippen molar-refractivity contribution in [2.75, 3.05) is 11.9 Å². The zero-order valence-corrected chi connectivity index (χ0v) is 17.2. The minimum atomic E-state index is -0.235. The highest BCUT2D eigenvalue weighted by atomic mass is 16.5. The van der Waals surface area contributed by atoms with Gasteiger partial charge >= 0.3 is 0 Å². The Morgan fingerprint density at radius 2 is 1.71 bits per heavy atom. The monoisotopic (exact) mass is 413 g/mol. The van der Waals surface area contributed by atoms with Crippen LogP contribution in [0.5, 0.6) is 5.75 Å². The molecule has 0 saturated carbocycles. The van der Waals surface area contributed by atoms with E-state index in [0.29, 0.717) is 12.2 Å². The van der Waals surface area contributed by atoms with Crippen molar-refractivity contribution in [1.29, 1.82) is 0 Å². The molecule has 6 heteroatoms. The maximum atomic E-state index is 12.2.